The van der Waals surface area contributed by atoms with Crippen LogP contribution < -0.4 is 5.32 Å². The molecule has 0 amide bonds. The molecule has 2 heteroatoms. The maximum absolute atomic E-state index is 5.14. The van der Waals surface area contributed by atoms with Crippen molar-refractivity contribution in [2.45, 2.75) is 12.5 Å². The van der Waals surface area contributed by atoms with Gasteiger partial charge in [0.15, 0.2) is 5.60 Å². The Morgan fingerprint density at radius 2 is 2.14 bits per heavy atom. The van der Waals surface area contributed by atoms with Gasteiger partial charge in [-0.25, -0.2) is 0 Å². The van der Waals surface area contributed by atoms with E-state index in [-0.39, 0.29) is 5.60 Å². The standard InChI is InChI=1S/C5H11NO/c1-5(7-2)3-6-4-5/h6H,3-4H2,1-2H3/p+1. The third kappa shape index (κ3) is 0.763. The quantitative estimate of drug-likeness (QED) is 0.450. The minimum absolute atomic E-state index is 0.208. The molecular weight excluding hydrogens is 90.1 g/mol. The number of quaternary nitrogens is 1. The van der Waals surface area contributed by atoms with Crippen molar-refractivity contribution in [3.8, 4) is 0 Å². The van der Waals surface area contributed by atoms with Crippen LogP contribution in [0.1, 0.15) is 6.92 Å². The Bertz CT molecular complexity index is 63.0. The second-order valence-electron chi connectivity index (χ2n) is 2.35. The predicted octanol–water partition coefficient (Wildman–Crippen LogP) is -1.03. The molecule has 0 radical (unpaired) electrons. The Kier molecular flexibility index (Phi) is 1.05. The second kappa shape index (κ2) is 1.46. The summed E-state index contributed by atoms with van der Waals surface area (Å²) in [7, 11) is 1.77. The molecule has 0 atom stereocenters. The Labute approximate surface area is 43.9 Å². The molecule has 0 spiro atoms. The lowest BCUT2D eigenvalue weighted by Gasteiger charge is -2.32. The van der Waals surface area contributed by atoms with Crippen molar-refractivity contribution in [3.63, 3.8) is 0 Å². The van der Waals surface area contributed by atoms with Crippen LogP contribution in [0, 0.1) is 0 Å². The summed E-state index contributed by atoms with van der Waals surface area (Å²) < 4.78 is 5.14. The molecule has 0 aromatic rings. The molecule has 0 aliphatic carbocycles. The van der Waals surface area contributed by atoms with E-state index in [0.29, 0.717) is 0 Å². The molecule has 0 bridgehead atoms. The molecule has 1 aliphatic heterocycles. The maximum Gasteiger partial charge on any atom is 0.162 e. The average molecular weight is 102 g/mol. The molecule has 42 valence electrons. The van der Waals surface area contributed by atoms with Crippen LogP contribution in [0.2, 0.25) is 0 Å². The number of nitrogens with two attached hydrogens (primary N) is 1. The zero-order chi connectivity index (χ0) is 5.33. The molecule has 0 unspecified atom stereocenters. The minimum Gasteiger partial charge on any atom is -0.367 e. The van der Waals surface area contributed by atoms with E-state index in [9.17, 15) is 0 Å². The first kappa shape index (κ1) is 5.06. The van der Waals surface area contributed by atoms with Gasteiger partial charge in [0.05, 0.1) is 0 Å². The number of ether oxygens (including phenoxy) is 1. The Balaban J connectivity index is 2.29. The zero-order valence-electron chi connectivity index (χ0n) is 4.90. The van der Waals surface area contributed by atoms with Crippen LogP contribution >= 0.6 is 0 Å². The van der Waals surface area contributed by atoms with Crippen LogP contribution in [-0.4, -0.2) is 25.8 Å². The fraction of sp³-hybridized carbons (Fsp3) is 1.00. The van der Waals surface area contributed by atoms with Gasteiger partial charge in [-0.05, 0) is 6.92 Å². The summed E-state index contributed by atoms with van der Waals surface area (Å²) in [6.07, 6.45) is 0. The summed E-state index contributed by atoms with van der Waals surface area (Å²) in [5, 5.41) is 2.24. The highest BCUT2D eigenvalue weighted by Crippen LogP contribution is 2.06. The topological polar surface area (TPSA) is 25.8 Å². The fourth-order valence-electron chi connectivity index (χ4n) is 0.718. The Hall–Kier alpha value is -0.0800. The van der Waals surface area contributed by atoms with E-state index in [2.05, 4.69) is 12.2 Å². The Morgan fingerprint density at radius 1 is 1.57 bits per heavy atom. The average Bonchev–Trinajstić information content (AvgIpc) is 1.61. The highest BCUT2D eigenvalue weighted by molar-refractivity contribution is 4.76. The fourth-order valence-corrected chi connectivity index (χ4v) is 0.718. The van der Waals surface area contributed by atoms with Gasteiger partial charge in [0.25, 0.3) is 0 Å². The first-order chi connectivity index (χ1) is 3.27. The molecular formula is C5H12NO+. The summed E-state index contributed by atoms with van der Waals surface area (Å²) >= 11 is 0. The van der Waals surface area contributed by atoms with Crippen molar-refractivity contribution < 1.29 is 10.1 Å². The summed E-state index contributed by atoms with van der Waals surface area (Å²) in [6.45, 7) is 4.39. The molecule has 0 saturated carbocycles. The van der Waals surface area contributed by atoms with Gasteiger partial charge in [-0.15, -0.1) is 0 Å². The van der Waals surface area contributed by atoms with E-state index >= 15 is 0 Å². The molecule has 0 aromatic carbocycles. The van der Waals surface area contributed by atoms with Gasteiger partial charge in [0.1, 0.15) is 13.1 Å². The van der Waals surface area contributed by atoms with Crippen molar-refractivity contribution in [2.24, 2.45) is 0 Å². The van der Waals surface area contributed by atoms with Crippen molar-refractivity contribution >= 4 is 0 Å². The summed E-state index contributed by atoms with van der Waals surface area (Å²) in [6, 6.07) is 0. The van der Waals surface area contributed by atoms with E-state index < -0.39 is 0 Å². The molecule has 2 nitrogen and oxygen atoms in total. The molecule has 2 N–H and O–H groups in total. The van der Waals surface area contributed by atoms with Crippen LogP contribution in [0.5, 0.6) is 0 Å². The molecule has 1 fully saturated rings. The van der Waals surface area contributed by atoms with Crippen LogP contribution in [0.15, 0.2) is 0 Å². The smallest absolute Gasteiger partial charge is 0.162 e. The third-order valence-corrected chi connectivity index (χ3v) is 1.65. The number of hydrogen-bond donors (Lipinski definition) is 1. The maximum atomic E-state index is 5.14. The molecule has 1 aliphatic rings. The first-order valence-corrected chi connectivity index (χ1v) is 2.64. The van der Waals surface area contributed by atoms with E-state index in [0.717, 1.165) is 13.1 Å². The van der Waals surface area contributed by atoms with Crippen molar-refractivity contribution in [2.75, 3.05) is 20.2 Å². The number of hydrogen-bond acceptors (Lipinski definition) is 1. The summed E-state index contributed by atoms with van der Waals surface area (Å²) in [5.41, 5.74) is 0.208. The van der Waals surface area contributed by atoms with Crippen LogP contribution in [-0.2, 0) is 4.74 Å². The zero-order valence-corrected chi connectivity index (χ0v) is 4.90. The lowest BCUT2D eigenvalue weighted by Crippen LogP contribution is -3.02. The molecule has 0 aromatic heterocycles. The first-order valence-electron chi connectivity index (χ1n) is 2.64. The van der Waals surface area contributed by atoms with E-state index in [1.54, 1.807) is 7.11 Å². The number of rotatable bonds is 1. The lowest BCUT2D eigenvalue weighted by atomic mass is 10.0. The SMILES string of the molecule is COC1(C)C[NH2+]C1. The van der Waals surface area contributed by atoms with Crippen molar-refractivity contribution in [1.29, 1.82) is 0 Å². The highest BCUT2D eigenvalue weighted by atomic mass is 16.5. The highest BCUT2D eigenvalue weighted by Gasteiger charge is 2.36. The second-order valence-corrected chi connectivity index (χ2v) is 2.35. The molecule has 7 heavy (non-hydrogen) atoms. The molecule has 1 heterocycles. The van der Waals surface area contributed by atoms with Gasteiger partial charge >= 0.3 is 0 Å². The van der Waals surface area contributed by atoms with Gasteiger partial charge < -0.3 is 10.1 Å². The number of methoxy groups -OCH3 is 1. The minimum atomic E-state index is 0.208. The van der Waals surface area contributed by atoms with E-state index in [1.165, 1.54) is 0 Å². The van der Waals surface area contributed by atoms with E-state index in [4.69, 9.17) is 4.74 Å². The summed E-state index contributed by atoms with van der Waals surface area (Å²) in [4.78, 5) is 0. The summed E-state index contributed by atoms with van der Waals surface area (Å²) in [5.74, 6) is 0. The van der Waals surface area contributed by atoms with Gasteiger partial charge in [-0.3, -0.25) is 0 Å². The third-order valence-electron chi connectivity index (χ3n) is 1.65. The lowest BCUT2D eigenvalue weighted by molar-refractivity contribution is -0.741. The van der Waals surface area contributed by atoms with Gasteiger partial charge in [0, 0.05) is 7.11 Å². The van der Waals surface area contributed by atoms with Crippen LogP contribution in [0.3, 0.4) is 0 Å². The monoisotopic (exact) mass is 102 g/mol. The van der Waals surface area contributed by atoms with Crippen molar-refractivity contribution in [1.82, 2.24) is 0 Å². The van der Waals surface area contributed by atoms with Gasteiger partial charge in [-0.1, -0.05) is 0 Å². The van der Waals surface area contributed by atoms with Crippen molar-refractivity contribution in [3.05, 3.63) is 0 Å². The molecule has 1 rings (SSSR count). The normalized spacial score (nSPS) is 26.6. The van der Waals surface area contributed by atoms with Gasteiger partial charge in [-0.2, -0.15) is 0 Å². The van der Waals surface area contributed by atoms with E-state index in [1.807, 2.05) is 0 Å². The van der Waals surface area contributed by atoms with Crippen LogP contribution in [0.25, 0.3) is 0 Å². The Morgan fingerprint density at radius 3 is 2.14 bits per heavy atom. The molecule has 1 saturated heterocycles. The van der Waals surface area contributed by atoms with Gasteiger partial charge in [0.2, 0.25) is 0 Å². The van der Waals surface area contributed by atoms with Crippen LogP contribution in [0.4, 0.5) is 0 Å². The predicted molar refractivity (Wildman–Crippen MR) is 27.1 cm³/mol. The largest absolute Gasteiger partial charge is 0.367 e.